The maximum absolute atomic E-state index is 12.6. The zero-order valence-corrected chi connectivity index (χ0v) is 19.5. The predicted molar refractivity (Wildman–Crippen MR) is 130 cm³/mol. The van der Waals surface area contributed by atoms with Crippen LogP contribution in [-0.2, 0) is 6.54 Å². The molecule has 0 amide bonds. The number of ether oxygens (including phenoxy) is 1. The number of pyridine rings is 1. The second-order valence-corrected chi connectivity index (χ2v) is 9.12. The fourth-order valence-corrected chi connectivity index (χ4v) is 4.75. The Morgan fingerprint density at radius 2 is 1.76 bits per heavy atom. The van der Waals surface area contributed by atoms with Crippen LogP contribution >= 0.6 is 0 Å². The quantitative estimate of drug-likeness (QED) is 0.388. The molecule has 1 aliphatic carbocycles. The lowest BCUT2D eigenvalue weighted by atomic mass is 9.86. The standard InChI is InChI=1S/C26H31F3N4O/c1-16-6-5-8-21-23(16)24(30)17(2)25(33-21)32-20-12-10-18(11-13-20)14-31-15-19-7-3-4-9-22(19)34-26(27,28)29/h3-9,18,20,31H,10-15H2,1-2H3,(H3,30,32,33). The van der Waals surface area contributed by atoms with Crippen molar-refractivity contribution in [3.63, 3.8) is 0 Å². The summed E-state index contributed by atoms with van der Waals surface area (Å²) in [5.74, 6) is 1.17. The van der Waals surface area contributed by atoms with Crippen LogP contribution in [0.15, 0.2) is 42.5 Å². The summed E-state index contributed by atoms with van der Waals surface area (Å²) in [5.41, 5.74) is 10.7. The van der Waals surface area contributed by atoms with Crippen molar-refractivity contribution < 1.29 is 17.9 Å². The first-order valence-corrected chi connectivity index (χ1v) is 11.7. The Morgan fingerprint density at radius 1 is 1.03 bits per heavy atom. The SMILES string of the molecule is Cc1c(NC2CCC(CNCc3ccccc3OC(F)(F)F)CC2)nc2cccc(C)c2c1N. The van der Waals surface area contributed by atoms with Gasteiger partial charge in [-0.3, -0.25) is 0 Å². The molecule has 1 fully saturated rings. The van der Waals surface area contributed by atoms with Gasteiger partial charge < -0.3 is 21.1 Å². The van der Waals surface area contributed by atoms with Gasteiger partial charge >= 0.3 is 6.36 Å². The largest absolute Gasteiger partial charge is 0.573 e. The molecule has 1 aliphatic rings. The Morgan fingerprint density at radius 3 is 2.50 bits per heavy atom. The number of aromatic nitrogens is 1. The number of halogens is 3. The number of nitrogen functional groups attached to an aromatic ring is 1. The molecule has 1 saturated carbocycles. The van der Waals surface area contributed by atoms with Crippen molar-refractivity contribution in [2.24, 2.45) is 5.92 Å². The highest BCUT2D eigenvalue weighted by Crippen LogP contribution is 2.33. The molecule has 0 radical (unpaired) electrons. The van der Waals surface area contributed by atoms with Crippen LogP contribution in [0.4, 0.5) is 24.7 Å². The molecule has 0 atom stereocenters. The van der Waals surface area contributed by atoms with Gasteiger partial charge in [-0.2, -0.15) is 0 Å². The summed E-state index contributed by atoms with van der Waals surface area (Å²) < 4.78 is 42.0. The van der Waals surface area contributed by atoms with E-state index in [1.165, 1.54) is 6.07 Å². The lowest BCUT2D eigenvalue weighted by molar-refractivity contribution is -0.274. The van der Waals surface area contributed by atoms with Gasteiger partial charge in [0.25, 0.3) is 0 Å². The highest BCUT2D eigenvalue weighted by molar-refractivity contribution is 5.96. The molecule has 2 aromatic carbocycles. The van der Waals surface area contributed by atoms with Crippen LogP contribution < -0.4 is 21.1 Å². The summed E-state index contributed by atoms with van der Waals surface area (Å²) in [4.78, 5) is 4.83. The molecule has 34 heavy (non-hydrogen) atoms. The highest BCUT2D eigenvalue weighted by atomic mass is 19.4. The molecule has 1 aromatic heterocycles. The Bertz CT molecular complexity index is 1140. The number of benzene rings is 2. The van der Waals surface area contributed by atoms with E-state index >= 15 is 0 Å². The third kappa shape index (κ3) is 5.73. The van der Waals surface area contributed by atoms with Gasteiger partial charge in [0.15, 0.2) is 0 Å². The second kappa shape index (κ2) is 10.1. The van der Waals surface area contributed by atoms with Crippen molar-refractivity contribution in [1.82, 2.24) is 10.3 Å². The molecule has 182 valence electrons. The molecule has 0 unspecified atom stereocenters. The fourth-order valence-electron chi connectivity index (χ4n) is 4.75. The number of hydrogen-bond donors (Lipinski definition) is 3. The van der Waals surface area contributed by atoms with E-state index in [0.29, 0.717) is 24.1 Å². The topological polar surface area (TPSA) is 72.2 Å². The van der Waals surface area contributed by atoms with Crippen LogP contribution in [0.2, 0.25) is 0 Å². The summed E-state index contributed by atoms with van der Waals surface area (Å²) in [5, 5.41) is 7.92. The van der Waals surface area contributed by atoms with E-state index in [2.05, 4.69) is 15.4 Å². The van der Waals surface area contributed by atoms with Crippen molar-refractivity contribution in [3.05, 3.63) is 59.2 Å². The highest BCUT2D eigenvalue weighted by Gasteiger charge is 2.32. The summed E-state index contributed by atoms with van der Waals surface area (Å²) in [6.07, 6.45) is -0.609. The third-order valence-corrected chi connectivity index (χ3v) is 6.65. The van der Waals surface area contributed by atoms with Crippen molar-refractivity contribution in [3.8, 4) is 5.75 Å². The maximum atomic E-state index is 12.6. The van der Waals surface area contributed by atoms with Crippen LogP contribution in [0, 0.1) is 19.8 Å². The molecule has 4 rings (SSSR count). The zero-order chi connectivity index (χ0) is 24.3. The molecule has 1 heterocycles. The number of fused-ring (bicyclic) bond motifs is 1. The minimum absolute atomic E-state index is 0.150. The number of rotatable bonds is 7. The zero-order valence-electron chi connectivity index (χ0n) is 19.5. The minimum Gasteiger partial charge on any atom is -0.405 e. The number of hydrogen-bond acceptors (Lipinski definition) is 5. The summed E-state index contributed by atoms with van der Waals surface area (Å²) in [6.45, 7) is 5.15. The van der Waals surface area contributed by atoms with Crippen molar-refractivity contribution in [2.45, 2.75) is 58.5 Å². The van der Waals surface area contributed by atoms with Gasteiger partial charge in [0.1, 0.15) is 11.6 Å². The Kier molecular flexibility index (Phi) is 7.16. The van der Waals surface area contributed by atoms with E-state index in [-0.39, 0.29) is 5.75 Å². The summed E-state index contributed by atoms with van der Waals surface area (Å²) in [7, 11) is 0. The maximum Gasteiger partial charge on any atom is 0.573 e. The lowest BCUT2D eigenvalue weighted by Gasteiger charge is -2.30. The van der Waals surface area contributed by atoms with Gasteiger partial charge in [-0.25, -0.2) is 4.98 Å². The number of nitrogens with zero attached hydrogens (tertiary/aromatic N) is 1. The molecule has 5 nitrogen and oxygen atoms in total. The monoisotopic (exact) mass is 472 g/mol. The van der Waals surface area contributed by atoms with Gasteiger partial charge in [0.2, 0.25) is 0 Å². The first-order valence-electron chi connectivity index (χ1n) is 11.7. The van der Waals surface area contributed by atoms with E-state index in [9.17, 15) is 13.2 Å². The number of anilines is 2. The number of nitrogens with two attached hydrogens (primary N) is 1. The van der Waals surface area contributed by atoms with Gasteiger partial charge in [0.05, 0.1) is 5.52 Å². The molecule has 0 bridgehead atoms. The van der Waals surface area contributed by atoms with Gasteiger partial charge in [-0.05, 0) is 69.7 Å². The fraction of sp³-hybridized carbons (Fsp3) is 0.423. The normalized spacial score (nSPS) is 18.7. The van der Waals surface area contributed by atoms with Gasteiger partial charge in [-0.1, -0.05) is 30.3 Å². The number of para-hydroxylation sites is 1. The van der Waals surface area contributed by atoms with E-state index in [1.807, 2.05) is 32.0 Å². The summed E-state index contributed by atoms with van der Waals surface area (Å²) in [6, 6.07) is 12.6. The van der Waals surface area contributed by atoms with Crippen LogP contribution in [0.25, 0.3) is 10.9 Å². The predicted octanol–water partition coefficient (Wildman–Crippen LogP) is 6.09. The van der Waals surface area contributed by atoms with Crippen molar-refractivity contribution in [2.75, 3.05) is 17.6 Å². The number of aryl methyl sites for hydroxylation is 1. The molecule has 0 saturated heterocycles. The first-order chi connectivity index (χ1) is 16.2. The number of alkyl halides is 3. The first kappa shape index (κ1) is 24.1. The van der Waals surface area contributed by atoms with E-state index in [4.69, 9.17) is 10.7 Å². The molecule has 0 spiro atoms. The van der Waals surface area contributed by atoms with Crippen LogP contribution in [0.3, 0.4) is 0 Å². The third-order valence-electron chi connectivity index (χ3n) is 6.65. The van der Waals surface area contributed by atoms with Crippen LogP contribution in [0.1, 0.15) is 42.4 Å². The Balaban J connectivity index is 1.29. The molecular weight excluding hydrogens is 441 g/mol. The number of nitrogens with one attached hydrogen (secondary N) is 2. The lowest BCUT2D eigenvalue weighted by Crippen LogP contribution is -2.31. The van der Waals surface area contributed by atoms with Crippen LogP contribution in [0.5, 0.6) is 5.75 Å². The Hall–Kier alpha value is -3.00. The van der Waals surface area contributed by atoms with E-state index < -0.39 is 6.36 Å². The molecule has 0 aliphatic heterocycles. The van der Waals surface area contributed by atoms with Gasteiger partial charge in [0, 0.05) is 34.8 Å². The summed E-state index contributed by atoms with van der Waals surface area (Å²) >= 11 is 0. The van der Waals surface area contributed by atoms with E-state index in [0.717, 1.165) is 65.8 Å². The minimum atomic E-state index is -4.69. The van der Waals surface area contributed by atoms with Crippen LogP contribution in [-0.4, -0.2) is 23.9 Å². The second-order valence-electron chi connectivity index (χ2n) is 9.12. The molecule has 4 N–H and O–H groups in total. The van der Waals surface area contributed by atoms with E-state index in [1.54, 1.807) is 18.2 Å². The smallest absolute Gasteiger partial charge is 0.405 e. The van der Waals surface area contributed by atoms with Gasteiger partial charge in [-0.15, -0.1) is 13.2 Å². The Labute approximate surface area is 197 Å². The molecular formula is C26H31F3N4O. The average Bonchev–Trinajstić information content (AvgIpc) is 2.78. The molecule has 3 aromatic rings. The average molecular weight is 473 g/mol. The van der Waals surface area contributed by atoms with Crippen molar-refractivity contribution in [1.29, 1.82) is 0 Å². The molecule has 8 heteroatoms. The van der Waals surface area contributed by atoms with Crippen molar-refractivity contribution >= 4 is 22.4 Å².